The number of aryl methyl sites for hydroxylation is 1. The van der Waals surface area contributed by atoms with Crippen molar-refractivity contribution in [2.24, 2.45) is 0 Å². The molecule has 122 valence electrons. The Hall–Kier alpha value is -0.123. The summed E-state index contributed by atoms with van der Waals surface area (Å²) >= 11 is 1.87. The van der Waals surface area contributed by atoms with Crippen LogP contribution in [0.2, 0.25) is 16.6 Å². The quantitative estimate of drug-likeness (QED) is 0.454. The van der Waals surface area contributed by atoms with Gasteiger partial charge in [0, 0.05) is 4.88 Å². The van der Waals surface area contributed by atoms with E-state index in [-0.39, 0.29) is 0 Å². The molecule has 0 aliphatic rings. The third kappa shape index (κ3) is 4.67. The lowest BCUT2D eigenvalue weighted by atomic mass is 10.1. The first-order chi connectivity index (χ1) is 9.84. The van der Waals surface area contributed by atoms with E-state index in [1.165, 1.54) is 29.7 Å². The molecule has 1 nitrogen and oxygen atoms in total. The summed E-state index contributed by atoms with van der Waals surface area (Å²) in [7, 11) is -1.72. The van der Waals surface area contributed by atoms with E-state index >= 15 is 0 Å². The van der Waals surface area contributed by atoms with Crippen molar-refractivity contribution in [2.75, 3.05) is 0 Å². The van der Waals surface area contributed by atoms with Crippen molar-refractivity contribution in [3.05, 3.63) is 21.9 Å². The Morgan fingerprint density at radius 3 is 2.10 bits per heavy atom. The largest absolute Gasteiger partial charge is 0.411 e. The zero-order valence-electron chi connectivity index (χ0n) is 15.0. The molecular weight excluding hydrogens is 292 g/mol. The SMILES string of the molecule is CCCCc1csc(CO[Si](C(C)C)(C(C)C)C(C)C)c1. The lowest BCUT2D eigenvalue weighted by Crippen LogP contribution is -2.47. The molecular formula is C18H34OSSi. The van der Waals surface area contributed by atoms with Crippen molar-refractivity contribution in [1.29, 1.82) is 0 Å². The van der Waals surface area contributed by atoms with Gasteiger partial charge in [-0.1, -0.05) is 54.9 Å². The maximum atomic E-state index is 6.67. The average molecular weight is 327 g/mol. The molecule has 1 rings (SSSR count). The van der Waals surface area contributed by atoms with Gasteiger partial charge in [0.1, 0.15) is 0 Å². The minimum Gasteiger partial charge on any atom is -0.411 e. The van der Waals surface area contributed by atoms with E-state index in [0.29, 0.717) is 16.6 Å². The average Bonchev–Trinajstić information content (AvgIpc) is 2.83. The van der Waals surface area contributed by atoms with Crippen LogP contribution in [0.4, 0.5) is 0 Å². The van der Waals surface area contributed by atoms with E-state index in [1.807, 2.05) is 11.3 Å². The monoisotopic (exact) mass is 326 g/mol. The minimum absolute atomic E-state index is 0.664. The molecule has 0 bridgehead atoms. The summed E-state index contributed by atoms with van der Waals surface area (Å²) in [5, 5.41) is 2.32. The van der Waals surface area contributed by atoms with Gasteiger partial charge >= 0.3 is 0 Å². The van der Waals surface area contributed by atoms with E-state index < -0.39 is 8.32 Å². The van der Waals surface area contributed by atoms with Crippen molar-refractivity contribution in [3.8, 4) is 0 Å². The number of thiophene rings is 1. The number of unbranched alkanes of at least 4 members (excludes halogenated alkanes) is 1. The van der Waals surface area contributed by atoms with Crippen LogP contribution in [0.15, 0.2) is 11.4 Å². The molecule has 0 N–H and O–H groups in total. The molecule has 0 aromatic carbocycles. The summed E-state index contributed by atoms with van der Waals surface area (Å²) < 4.78 is 6.67. The van der Waals surface area contributed by atoms with Gasteiger partial charge in [0.25, 0.3) is 0 Å². The van der Waals surface area contributed by atoms with E-state index in [9.17, 15) is 0 Å². The Kier molecular flexibility index (Phi) is 7.65. The van der Waals surface area contributed by atoms with Crippen molar-refractivity contribution in [2.45, 2.75) is 91.0 Å². The zero-order valence-corrected chi connectivity index (χ0v) is 16.8. The first-order valence-corrected chi connectivity index (χ1v) is 11.6. The fourth-order valence-corrected chi connectivity index (χ4v) is 10.1. The molecule has 0 saturated heterocycles. The summed E-state index contributed by atoms with van der Waals surface area (Å²) in [6, 6.07) is 2.36. The molecule has 0 aliphatic heterocycles. The Labute approximate surface area is 137 Å². The van der Waals surface area contributed by atoms with E-state index in [2.05, 4.69) is 59.9 Å². The molecule has 0 aliphatic carbocycles. The predicted molar refractivity (Wildman–Crippen MR) is 98.8 cm³/mol. The van der Waals surface area contributed by atoms with Gasteiger partial charge in [0.05, 0.1) is 6.61 Å². The van der Waals surface area contributed by atoms with Crippen molar-refractivity contribution in [3.63, 3.8) is 0 Å². The maximum Gasteiger partial charge on any atom is 0.200 e. The van der Waals surface area contributed by atoms with Gasteiger partial charge in [0.2, 0.25) is 8.32 Å². The first kappa shape index (κ1) is 18.9. The molecule has 0 saturated carbocycles. The van der Waals surface area contributed by atoms with Gasteiger partial charge in [-0.2, -0.15) is 0 Å². The maximum absolute atomic E-state index is 6.67. The normalized spacial score (nSPS) is 12.9. The summed E-state index contributed by atoms with van der Waals surface area (Å²) in [4.78, 5) is 1.40. The summed E-state index contributed by atoms with van der Waals surface area (Å²) in [5.74, 6) is 0. The van der Waals surface area contributed by atoms with E-state index in [4.69, 9.17) is 4.43 Å². The van der Waals surface area contributed by atoms with Gasteiger partial charge in [-0.05, 0) is 46.5 Å². The predicted octanol–water partition coefficient (Wildman–Crippen LogP) is 6.78. The molecule has 0 spiro atoms. The molecule has 0 atom stereocenters. The van der Waals surface area contributed by atoms with Crippen LogP contribution in [-0.2, 0) is 17.5 Å². The van der Waals surface area contributed by atoms with Crippen molar-refractivity contribution >= 4 is 19.7 Å². The van der Waals surface area contributed by atoms with Crippen LogP contribution in [0.1, 0.15) is 71.7 Å². The Morgan fingerprint density at radius 1 is 1.05 bits per heavy atom. The topological polar surface area (TPSA) is 9.23 Å². The van der Waals surface area contributed by atoms with E-state index in [1.54, 1.807) is 0 Å². The molecule has 0 fully saturated rings. The molecule has 3 heteroatoms. The molecule has 1 aromatic heterocycles. The fraction of sp³-hybridized carbons (Fsp3) is 0.778. The third-order valence-corrected chi connectivity index (χ3v) is 11.7. The van der Waals surface area contributed by atoms with Gasteiger partial charge in [-0.15, -0.1) is 11.3 Å². The van der Waals surface area contributed by atoms with Crippen LogP contribution in [0.5, 0.6) is 0 Å². The highest BCUT2D eigenvalue weighted by Gasteiger charge is 2.44. The highest BCUT2D eigenvalue weighted by atomic mass is 32.1. The van der Waals surface area contributed by atoms with Gasteiger partial charge < -0.3 is 4.43 Å². The summed E-state index contributed by atoms with van der Waals surface area (Å²) in [6.07, 6.45) is 3.78. The minimum atomic E-state index is -1.72. The second-order valence-electron chi connectivity index (χ2n) is 7.13. The van der Waals surface area contributed by atoms with Gasteiger partial charge in [-0.3, -0.25) is 0 Å². The first-order valence-electron chi connectivity index (χ1n) is 8.54. The number of hydrogen-bond donors (Lipinski definition) is 0. The van der Waals surface area contributed by atoms with Crippen LogP contribution >= 0.6 is 11.3 Å². The summed E-state index contributed by atoms with van der Waals surface area (Å²) in [6.45, 7) is 17.2. The fourth-order valence-electron chi connectivity index (χ4n) is 3.71. The number of rotatable bonds is 9. The van der Waals surface area contributed by atoms with Crippen LogP contribution in [0.3, 0.4) is 0 Å². The van der Waals surface area contributed by atoms with Gasteiger partial charge in [0.15, 0.2) is 0 Å². The van der Waals surface area contributed by atoms with E-state index in [0.717, 1.165) is 6.61 Å². The molecule has 0 amide bonds. The Bertz CT molecular complexity index is 387. The second-order valence-corrected chi connectivity index (χ2v) is 13.6. The van der Waals surface area contributed by atoms with Crippen LogP contribution < -0.4 is 0 Å². The molecule has 21 heavy (non-hydrogen) atoms. The van der Waals surface area contributed by atoms with Crippen LogP contribution in [0, 0.1) is 0 Å². The Morgan fingerprint density at radius 2 is 1.62 bits per heavy atom. The van der Waals surface area contributed by atoms with Crippen LogP contribution in [-0.4, -0.2) is 8.32 Å². The smallest absolute Gasteiger partial charge is 0.200 e. The summed E-state index contributed by atoms with van der Waals surface area (Å²) in [5.41, 5.74) is 3.48. The zero-order chi connectivity index (χ0) is 16.0. The molecule has 1 aromatic rings. The second kappa shape index (κ2) is 8.49. The standard InChI is InChI=1S/C18H34OSSi/c1-8-9-10-17-11-18(20-13-17)12-19-21(14(2)3,15(4)5)16(6)7/h11,13-16H,8-10,12H2,1-7H3. The van der Waals surface area contributed by atoms with Crippen LogP contribution in [0.25, 0.3) is 0 Å². The lowest BCUT2D eigenvalue weighted by Gasteiger charge is -2.42. The van der Waals surface area contributed by atoms with Crippen molar-refractivity contribution in [1.82, 2.24) is 0 Å². The van der Waals surface area contributed by atoms with Gasteiger partial charge in [-0.25, -0.2) is 0 Å². The number of hydrogen-bond acceptors (Lipinski definition) is 2. The van der Waals surface area contributed by atoms with Crippen molar-refractivity contribution < 1.29 is 4.43 Å². The Balaban J connectivity index is 2.75. The highest BCUT2D eigenvalue weighted by molar-refractivity contribution is 7.10. The molecule has 1 heterocycles. The third-order valence-electron chi connectivity index (χ3n) is 4.70. The molecule has 0 radical (unpaired) electrons. The lowest BCUT2D eigenvalue weighted by molar-refractivity contribution is 0.269. The molecule has 0 unspecified atom stereocenters. The highest BCUT2D eigenvalue weighted by Crippen LogP contribution is 2.42.